The Morgan fingerprint density at radius 3 is 2.82 bits per heavy atom. The van der Waals surface area contributed by atoms with Crippen LogP contribution in [0.5, 0.6) is 0 Å². The topological polar surface area (TPSA) is 46.5 Å². The Morgan fingerprint density at radius 1 is 1.29 bits per heavy atom. The molecule has 0 aliphatic carbocycles. The second-order valence-corrected chi connectivity index (χ2v) is 5.13. The fourth-order valence-corrected chi connectivity index (χ4v) is 2.52. The number of hydrogen-bond donors (Lipinski definition) is 0. The van der Waals surface area contributed by atoms with Gasteiger partial charge in [0.15, 0.2) is 0 Å². The van der Waals surface area contributed by atoms with Gasteiger partial charge in [-0.2, -0.15) is 0 Å². The lowest BCUT2D eigenvalue weighted by atomic mass is 10.2. The number of amides is 1. The van der Waals surface area contributed by atoms with Gasteiger partial charge < -0.3 is 0 Å². The third-order valence-electron chi connectivity index (χ3n) is 2.40. The number of benzene rings is 1. The third-order valence-corrected chi connectivity index (χ3v) is 3.48. The molecule has 0 radical (unpaired) electrons. The number of nitrogens with zero attached hydrogens (tertiary/aromatic N) is 1. The van der Waals surface area contributed by atoms with E-state index in [0.29, 0.717) is 6.42 Å². The zero-order valence-corrected chi connectivity index (χ0v) is 10.8. The van der Waals surface area contributed by atoms with Crippen LogP contribution in [0.1, 0.15) is 31.2 Å². The lowest BCUT2D eigenvalue weighted by Crippen LogP contribution is -1.91. The van der Waals surface area contributed by atoms with Gasteiger partial charge in [-0.3, -0.25) is 4.79 Å². The van der Waals surface area contributed by atoms with E-state index in [9.17, 15) is 9.70 Å². The Kier molecular flexibility index (Phi) is 6.55. The molecular weight excluding hydrogens is 234 g/mol. The summed E-state index contributed by atoms with van der Waals surface area (Å²) in [5.74, 6) is 0.517. The summed E-state index contributed by atoms with van der Waals surface area (Å²) < 4.78 is 0. The summed E-state index contributed by atoms with van der Waals surface area (Å²) in [6.45, 7) is 2.09. The number of rotatable bonds is 7. The van der Waals surface area contributed by atoms with Gasteiger partial charge in [0.2, 0.25) is 0 Å². The Balaban J connectivity index is 2.08. The first-order chi connectivity index (χ1) is 8.22. The molecular formula is C13H17NO2S. The number of carbonyl (C=O) groups is 1. The molecule has 0 aliphatic heterocycles. The Labute approximate surface area is 106 Å². The van der Waals surface area contributed by atoms with Gasteiger partial charge in [-0.1, -0.05) is 24.1 Å². The number of thioether (sulfide) groups is 1. The van der Waals surface area contributed by atoms with Crippen LogP contribution in [0.3, 0.4) is 0 Å². The van der Waals surface area contributed by atoms with Gasteiger partial charge in [-0.25, -0.2) is 0 Å². The van der Waals surface area contributed by atoms with Crippen molar-refractivity contribution in [2.75, 3.05) is 5.75 Å². The largest absolute Gasteiger partial charge is 0.286 e. The molecule has 0 saturated heterocycles. The third kappa shape index (κ3) is 6.22. The Morgan fingerprint density at radius 2 is 2.12 bits per heavy atom. The minimum absolute atomic E-state index is 0.290. The van der Waals surface area contributed by atoms with E-state index < -0.39 is 5.91 Å². The molecule has 0 atom stereocenters. The molecule has 1 aromatic rings. The van der Waals surface area contributed by atoms with Crippen LogP contribution in [-0.2, 0) is 4.79 Å². The lowest BCUT2D eigenvalue weighted by Gasteiger charge is -2.02. The zero-order chi connectivity index (χ0) is 12.5. The van der Waals surface area contributed by atoms with Crippen LogP contribution in [-0.4, -0.2) is 11.7 Å². The van der Waals surface area contributed by atoms with Crippen molar-refractivity contribution in [2.24, 2.45) is 5.18 Å². The van der Waals surface area contributed by atoms with Crippen LogP contribution < -0.4 is 0 Å². The quantitative estimate of drug-likeness (QED) is 0.419. The van der Waals surface area contributed by atoms with E-state index in [1.807, 2.05) is 11.8 Å². The molecule has 92 valence electrons. The van der Waals surface area contributed by atoms with E-state index in [1.54, 1.807) is 0 Å². The second kappa shape index (κ2) is 8.01. The predicted molar refractivity (Wildman–Crippen MR) is 71.2 cm³/mol. The lowest BCUT2D eigenvalue weighted by molar-refractivity contribution is -0.118. The van der Waals surface area contributed by atoms with Crippen LogP contribution in [0, 0.1) is 11.8 Å². The molecule has 0 heterocycles. The van der Waals surface area contributed by atoms with Crippen molar-refractivity contribution in [3.05, 3.63) is 34.7 Å². The summed E-state index contributed by atoms with van der Waals surface area (Å²) in [6, 6.07) is 8.43. The highest BCUT2D eigenvalue weighted by Crippen LogP contribution is 2.20. The van der Waals surface area contributed by atoms with E-state index >= 15 is 0 Å². The first-order valence-corrected chi connectivity index (χ1v) is 6.76. The minimum atomic E-state index is -0.531. The average molecular weight is 251 g/mol. The van der Waals surface area contributed by atoms with Crippen molar-refractivity contribution >= 4 is 17.7 Å². The molecule has 4 heteroatoms. The van der Waals surface area contributed by atoms with Crippen molar-refractivity contribution in [2.45, 2.75) is 37.5 Å². The van der Waals surface area contributed by atoms with Gasteiger partial charge >= 0.3 is 0 Å². The summed E-state index contributed by atoms with van der Waals surface area (Å²) in [6.07, 6.45) is 3.09. The van der Waals surface area contributed by atoms with Crippen molar-refractivity contribution in [3.63, 3.8) is 0 Å². The number of carbonyl (C=O) groups excluding carboxylic acids is 1. The van der Waals surface area contributed by atoms with E-state index in [1.165, 1.54) is 10.5 Å². The molecule has 0 fully saturated rings. The molecule has 0 aromatic heterocycles. The van der Waals surface area contributed by atoms with Gasteiger partial charge in [0.25, 0.3) is 5.91 Å². The SMILES string of the molecule is Cc1cccc(SCCCCCC(=O)N=O)c1. The van der Waals surface area contributed by atoms with Crippen molar-refractivity contribution < 1.29 is 4.79 Å². The molecule has 0 spiro atoms. The average Bonchev–Trinajstić information content (AvgIpc) is 2.33. The fourth-order valence-electron chi connectivity index (χ4n) is 1.50. The molecule has 17 heavy (non-hydrogen) atoms. The van der Waals surface area contributed by atoms with E-state index in [0.717, 1.165) is 25.0 Å². The van der Waals surface area contributed by atoms with Crippen molar-refractivity contribution in [1.29, 1.82) is 0 Å². The number of hydrogen-bond acceptors (Lipinski definition) is 3. The maximum atomic E-state index is 10.6. The molecule has 0 aliphatic rings. The van der Waals surface area contributed by atoms with Gasteiger partial charge in [0, 0.05) is 16.5 Å². The summed E-state index contributed by atoms with van der Waals surface area (Å²) in [4.78, 5) is 21.7. The zero-order valence-electron chi connectivity index (χ0n) is 10.0. The summed E-state index contributed by atoms with van der Waals surface area (Å²) in [5, 5.41) is 2.37. The smallest absolute Gasteiger partial charge is 0.269 e. The minimum Gasteiger partial charge on any atom is -0.269 e. The van der Waals surface area contributed by atoms with Gasteiger partial charge in [-0.15, -0.1) is 16.7 Å². The molecule has 3 nitrogen and oxygen atoms in total. The summed E-state index contributed by atoms with van der Waals surface area (Å²) >= 11 is 1.83. The van der Waals surface area contributed by atoms with Crippen LogP contribution in [0.4, 0.5) is 0 Å². The van der Waals surface area contributed by atoms with Gasteiger partial charge in [0.05, 0.1) is 0 Å². The highest BCUT2D eigenvalue weighted by atomic mass is 32.2. The fraction of sp³-hybridized carbons (Fsp3) is 0.462. The first kappa shape index (κ1) is 13.9. The van der Waals surface area contributed by atoms with Gasteiger partial charge in [0.1, 0.15) is 0 Å². The van der Waals surface area contributed by atoms with Gasteiger partial charge in [-0.05, 0) is 37.7 Å². The van der Waals surface area contributed by atoms with Crippen molar-refractivity contribution in [1.82, 2.24) is 0 Å². The summed E-state index contributed by atoms with van der Waals surface area (Å²) in [7, 11) is 0. The Hall–Kier alpha value is -1.16. The van der Waals surface area contributed by atoms with Crippen LogP contribution >= 0.6 is 11.8 Å². The normalized spacial score (nSPS) is 10.2. The monoisotopic (exact) mass is 251 g/mol. The molecule has 0 N–H and O–H groups in total. The van der Waals surface area contributed by atoms with Crippen molar-refractivity contribution in [3.8, 4) is 0 Å². The molecule has 1 aromatic carbocycles. The Bertz CT molecular complexity index is 379. The maximum Gasteiger partial charge on any atom is 0.286 e. The highest BCUT2D eigenvalue weighted by molar-refractivity contribution is 7.99. The molecule has 0 unspecified atom stereocenters. The number of unbranched alkanes of at least 4 members (excludes halogenated alkanes) is 2. The number of aryl methyl sites for hydroxylation is 1. The predicted octanol–water partition coefficient (Wildman–Crippen LogP) is 3.94. The first-order valence-electron chi connectivity index (χ1n) is 5.78. The molecule has 0 saturated carbocycles. The van der Waals surface area contributed by atoms with Crippen LogP contribution in [0.25, 0.3) is 0 Å². The maximum absolute atomic E-state index is 10.6. The van der Waals surface area contributed by atoms with Crippen LogP contribution in [0.15, 0.2) is 34.3 Å². The van der Waals surface area contributed by atoms with E-state index in [2.05, 4.69) is 36.4 Å². The number of nitroso groups, excluding NO2 is 1. The van der Waals surface area contributed by atoms with E-state index in [-0.39, 0.29) is 0 Å². The van der Waals surface area contributed by atoms with Crippen LogP contribution in [0.2, 0.25) is 0 Å². The highest BCUT2D eigenvalue weighted by Gasteiger charge is 2.00. The molecule has 1 rings (SSSR count). The standard InChI is InChI=1S/C13H17NO2S/c1-11-6-5-7-12(10-11)17-9-4-2-3-8-13(15)14-16/h5-7,10H,2-4,8-9H2,1H3. The second-order valence-electron chi connectivity index (χ2n) is 3.96. The molecule has 0 bridgehead atoms. The van der Waals surface area contributed by atoms with E-state index in [4.69, 9.17) is 0 Å². The molecule has 1 amide bonds. The summed E-state index contributed by atoms with van der Waals surface area (Å²) in [5.41, 5.74) is 1.28.